The van der Waals surface area contributed by atoms with E-state index in [9.17, 15) is 0 Å². The zero-order valence-electron chi connectivity index (χ0n) is 14.8. The van der Waals surface area contributed by atoms with Crippen molar-refractivity contribution in [1.29, 1.82) is 0 Å². The summed E-state index contributed by atoms with van der Waals surface area (Å²) >= 11 is 12.2. The Morgan fingerprint density at radius 1 is 1.38 bits per heavy atom. The highest BCUT2D eigenvalue weighted by molar-refractivity contribution is 6.41. The number of hydrogen-bond donors (Lipinski definition) is 2. The van der Waals surface area contributed by atoms with E-state index in [-0.39, 0.29) is 0 Å². The monoisotopic (exact) mass is 374 g/mol. The first kappa shape index (κ1) is 19.4. The second-order valence-electron chi connectivity index (χ2n) is 6.48. The lowest BCUT2D eigenvalue weighted by Crippen LogP contribution is -2.47. The van der Waals surface area contributed by atoms with Gasteiger partial charge in [0, 0.05) is 39.5 Å². The molecule has 7 heteroatoms. The summed E-state index contributed by atoms with van der Waals surface area (Å²) in [7, 11) is 3.66. The number of hydrogen-bond acceptors (Lipinski definition) is 2. The van der Waals surface area contributed by atoms with Crippen LogP contribution in [0.3, 0.4) is 0 Å². The van der Waals surface area contributed by atoms with Gasteiger partial charge in [0.05, 0.1) is 11.6 Å². The molecule has 1 aromatic heterocycles. The van der Waals surface area contributed by atoms with Crippen LogP contribution in [0.15, 0.2) is 11.1 Å². The fourth-order valence-corrected chi connectivity index (χ4v) is 3.44. The standard InChI is InChI=1S/C17H28Cl2N4O/c1-4-20-16(21-11-13-10-14(18)15(19)23(13)2)22-12-17(6-5-7-17)8-9-24-3/h10H,4-9,11-12H2,1-3H3,(H2,20,21,22). The van der Waals surface area contributed by atoms with E-state index in [1.807, 2.05) is 17.7 Å². The van der Waals surface area contributed by atoms with Crippen LogP contribution in [0.2, 0.25) is 10.2 Å². The molecular formula is C17H28Cl2N4O. The van der Waals surface area contributed by atoms with Crippen molar-refractivity contribution in [3.8, 4) is 0 Å². The summed E-state index contributed by atoms with van der Waals surface area (Å²) in [6.07, 6.45) is 4.91. The number of rotatable bonds is 8. The Morgan fingerprint density at radius 3 is 2.62 bits per heavy atom. The number of nitrogens with zero attached hydrogens (tertiary/aromatic N) is 2. The predicted molar refractivity (Wildman–Crippen MR) is 101 cm³/mol. The number of aromatic nitrogens is 1. The SMILES string of the molecule is CCNC(=NCc1cc(Cl)c(Cl)n1C)NCC1(CCOC)CCC1. The predicted octanol–water partition coefficient (Wildman–Crippen LogP) is 3.59. The summed E-state index contributed by atoms with van der Waals surface area (Å²) in [4.78, 5) is 4.67. The maximum atomic E-state index is 6.11. The van der Waals surface area contributed by atoms with Crippen molar-refractivity contribution in [2.75, 3.05) is 26.8 Å². The van der Waals surface area contributed by atoms with E-state index in [0.29, 0.717) is 22.1 Å². The Morgan fingerprint density at radius 2 is 2.12 bits per heavy atom. The van der Waals surface area contributed by atoms with Crippen molar-refractivity contribution < 1.29 is 4.74 Å². The molecule has 1 fully saturated rings. The van der Waals surface area contributed by atoms with Crippen molar-refractivity contribution in [2.45, 2.75) is 39.2 Å². The van der Waals surface area contributed by atoms with Gasteiger partial charge in [0.15, 0.2) is 5.96 Å². The van der Waals surface area contributed by atoms with Crippen molar-refractivity contribution in [2.24, 2.45) is 17.5 Å². The topological polar surface area (TPSA) is 50.6 Å². The quantitative estimate of drug-likeness (QED) is 0.539. The molecule has 1 aromatic rings. The Hall–Kier alpha value is -0.910. The molecule has 0 aliphatic heterocycles. The molecule has 136 valence electrons. The summed E-state index contributed by atoms with van der Waals surface area (Å²) in [6.45, 7) is 5.17. The molecular weight excluding hydrogens is 347 g/mol. The van der Waals surface area contributed by atoms with Gasteiger partial charge in [-0.1, -0.05) is 29.6 Å². The van der Waals surface area contributed by atoms with Gasteiger partial charge in [-0.15, -0.1) is 0 Å². The molecule has 0 aromatic carbocycles. The molecule has 1 aliphatic rings. The first-order chi connectivity index (χ1) is 11.5. The largest absolute Gasteiger partial charge is 0.385 e. The number of nitrogens with one attached hydrogen (secondary N) is 2. The third-order valence-corrected chi connectivity index (χ3v) is 5.68. The third-order valence-electron chi connectivity index (χ3n) is 4.84. The lowest BCUT2D eigenvalue weighted by Gasteiger charge is -2.42. The number of aliphatic imine (C=N–C) groups is 1. The lowest BCUT2D eigenvalue weighted by molar-refractivity contribution is 0.0732. The van der Waals surface area contributed by atoms with Gasteiger partial charge in [-0.05, 0) is 37.7 Å². The first-order valence-corrected chi connectivity index (χ1v) is 9.27. The van der Waals surface area contributed by atoms with Crippen molar-refractivity contribution >= 4 is 29.2 Å². The van der Waals surface area contributed by atoms with Crippen LogP contribution in [0.25, 0.3) is 0 Å². The minimum absolute atomic E-state index is 0.351. The molecule has 1 aliphatic carbocycles. The highest BCUT2D eigenvalue weighted by Gasteiger charge is 2.36. The molecule has 2 N–H and O–H groups in total. The summed E-state index contributed by atoms with van der Waals surface area (Å²) in [6, 6.07) is 1.86. The maximum Gasteiger partial charge on any atom is 0.191 e. The van der Waals surface area contributed by atoms with E-state index in [2.05, 4.69) is 22.5 Å². The van der Waals surface area contributed by atoms with Gasteiger partial charge in [-0.25, -0.2) is 4.99 Å². The number of halogens is 2. The van der Waals surface area contributed by atoms with Crippen LogP contribution in [0.1, 0.15) is 38.3 Å². The van der Waals surface area contributed by atoms with Gasteiger partial charge in [-0.2, -0.15) is 0 Å². The van der Waals surface area contributed by atoms with Crippen LogP contribution in [0, 0.1) is 5.41 Å². The molecule has 0 spiro atoms. The van der Waals surface area contributed by atoms with Gasteiger partial charge < -0.3 is 19.9 Å². The summed E-state index contributed by atoms with van der Waals surface area (Å²) in [5.74, 6) is 0.828. The van der Waals surface area contributed by atoms with Crippen LogP contribution < -0.4 is 10.6 Å². The average molecular weight is 375 g/mol. The van der Waals surface area contributed by atoms with Gasteiger partial charge in [0.25, 0.3) is 0 Å². The van der Waals surface area contributed by atoms with E-state index >= 15 is 0 Å². The lowest BCUT2D eigenvalue weighted by atomic mass is 9.67. The molecule has 1 saturated carbocycles. The van der Waals surface area contributed by atoms with Gasteiger partial charge >= 0.3 is 0 Å². The summed E-state index contributed by atoms with van der Waals surface area (Å²) in [5.41, 5.74) is 1.34. The smallest absolute Gasteiger partial charge is 0.191 e. The number of guanidine groups is 1. The van der Waals surface area contributed by atoms with E-state index in [1.54, 1.807) is 7.11 Å². The number of methoxy groups -OCH3 is 1. The van der Waals surface area contributed by atoms with E-state index in [0.717, 1.165) is 37.8 Å². The minimum atomic E-state index is 0.351. The average Bonchev–Trinajstić information content (AvgIpc) is 2.78. The third kappa shape index (κ3) is 4.80. The van der Waals surface area contributed by atoms with E-state index in [1.165, 1.54) is 19.3 Å². The highest BCUT2D eigenvalue weighted by Crippen LogP contribution is 2.43. The molecule has 0 unspecified atom stereocenters. The van der Waals surface area contributed by atoms with Crippen LogP contribution in [0.5, 0.6) is 0 Å². The van der Waals surface area contributed by atoms with Gasteiger partial charge in [0.2, 0.25) is 0 Å². The van der Waals surface area contributed by atoms with Crippen LogP contribution in [-0.2, 0) is 18.3 Å². The highest BCUT2D eigenvalue weighted by atomic mass is 35.5. The molecule has 0 amide bonds. The molecule has 0 bridgehead atoms. The van der Waals surface area contributed by atoms with Crippen molar-refractivity contribution in [3.63, 3.8) is 0 Å². The second-order valence-corrected chi connectivity index (χ2v) is 7.24. The summed E-state index contributed by atoms with van der Waals surface area (Å²) in [5, 5.41) is 7.91. The zero-order valence-corrected chi connectivity index (χ0v) is 16.3. The summed E-state index contributed by atoms with van der Waals surface area (Å²) < 4.78 is 7.12. The van der Waals surface area contributed by atoms with Crippen LogP contribution >= 0.6 is 23.2 Å². The molecule has 5 nitrogen and oxygen atoms in total. The van der Waals surface area contributed by atoms with Crippen LogP contribution in [0.4, 0.5) is 0 Å². The fourth-order valence-electron chi connectivity index (χ4n) is 3.02. The van der Waals surface area contributed by atoms with E-state index in [4.69, 9.17) is 27.9 Å². The van der Waals surface area contributed by atoms with Gasteiger partial charge in [-0.3, -0.25) is 0 Å². The molecule has 24 heavy (non-hydrogen) atoms. The normalized spacial score (nSPS) is 16.8. The van der Waals surface area contributed by atoms with Crippen molar-refractivity contribution in [3.05, 3.63) is 21.9 Å². The Bertz CT molecular complexity index is 567. The zero-order chi connectivity index (χ0) is 17.6. The molecule has 0 radical (unpaired) electrons. The fraction of sp³-hybridized carbons (Fsp3) is 0.706. The van der Waals surface area contributed by atoms with Gasteiger partial charge in [0.1, 0.15) is 5.15 Å². The molecule has 0 atom stereocenters. The Labute approximate surface area is 154 Å². The van der Waals surface area contributed by atoms with E-state index < -0.39 is 0 Å². The Balaban J connectivity index is 1.96. The minimum Gasteiger partial charge on any atom is -0.385 e. The second kappa shape index (κ2) is 8.97. The van der Waals surface area contributed by atoms with Crippen LogP contribution in [-0.4, -0.2) is 37.3 Å². The first-order valence-electron chi connectivity index (χ1n) is 8.52. The maximum absolute atomic E-state index is 6.11. The number of ether oxygens (including phenoxy) is 1. The molecule has 0 saturated heterocycles. The van der Waals surface area contributed by atoms with Crippen molar-refractivity contribution in [1.82, 2.24) is 15.2 Å². The molecule has 2 rings (SSSR count). The molecule has 1 heterocycles. The Kier molecular flexibility index (Phi) is 7.26.